The molecule has 84 valence electrons. The molecule has 1 fully saturated rings. The molecule has 0 aromatic rings. The summed E-state index contributed by atoms with van der Waals surface area (Å²) in [5.41, 5.74) is 0. The van der Waals surface area contributed by atoms with Gasteiger partial charge in [0.25, 0.3) is 0 Å². The Morgan fingerprint density at radius 1 is 1.36 bits per heavy atom. The highest BCUT2D eigenvalue weighted by atomic mass is 79.9. The second-order valence-electron chi connectivity index (χ2n) is 4.09. The average molecular weight is 273 g/mol. The number of hydrogen-bond acceptors (Lipinski definition) is 0. The van der Waals surface area contributed by atoms with Crippen molar-refractivity contribution in [2.75, 3.05) is 0 Å². The van der Waals surface area contributed by atoms with Crippen LogP contribution in [0.2, 0.25) is 0 Å². The van der Waals surface area contributed by atoms with Crippen molar-refractivity contribution >= 4 is 15.9 Å². The largest absolute Gasteiger partial charge is 0.391 e. The van der Waals surface area contributed by atoms with E-state index in [9.17, 15) is 13.2 Å². The lowest BCUT2D eigenvalue weighted by Crippen LogP contribution is -2.31. The van der Waals surface area contributed by atoms with Gasteiger partial charge in [0.15, 0.2) is 0 Å². The van der Waals surface area contributed by atoms with Crippen LogP contribution in [0.5, 0.6) is 0 Å². The van der Waals surface area contributed by atoms with E-state index in [1.807, 2.05) is 6.92 Å². The molecule has 0 aromatic carbocycles. The van der Waals surface area contributed by atoms with Crippen LogP contribution in [0.15, 0.2) is 0 Å². The zero-order valence-electron chi connectivity index (χ0n) is 8.28. The quantitative estimate of drug-likeness (QED) is 0.648. The third-order valence-corrected chi connectivity index (χ3v) is 4.47. The molecule has 0 nitrogen and oxygen atoms in total. The molecule has 4 heteroatoms. The molecule has 1 aliphatic carbocycles. The highest BCUT2D eigenvalue weighted by Gasteiger charge is 2.42. The highest BCUT2D eigenvalue weighted by Crippen LogP contribution is 2.42. The maximum absolute atomic E-state index is 12.5. The first-order chi connectivity index (χ1) is 6.45. The van der Waals surface area contributed by atoms with Crippen LogP contribution in [-0.2, 0) is 0 Å². The van der Waals surface area contributed by atoms with Gasteiger partial charge in [0.2, 0.25) is 0 Å². The first kappa shape index (κ1) is 12.3. The molecule has 0 spiro atoms. The van der Waals surface area contributed by atoms with E-state index in [1.165, 1.54) is 0 Å². The van der Waals surface area contributed by atoms with E-state index < -0.39 is 12.1 Å². The van der Waals surface area contributed by atoms with Crippen molar-refractivity contribution in [1.82, 2.24) is 0 Å². The highest BCUT2D eigenvalue weighted by molar-refractivity contribution is 9.09. The average Bonchev–Trinajstić information content (AvgIpc) is 2.15. The first-order valence-electron chi connectivity index (χ1n) is 5.16. The maximum atomic E-state index is 12.5. The Kier molecular flexibility index (Phi) is 4.29. The first-order valence-corrected chi connectivity index (χ1v) is 6.07. The SMILES string of the molecule is CCC(Br)C1CCCC(C(F)(F)F)C1. The molecule has 0 heterocycles. The van der Waals surface area contributed by atoms with Crippen LogP contribution in [0.25, 0.3) is 0 Å². The van der Waals surface area contributed by atoms with Crippen molar-refractivity contribution in [2.24, 2.45) is 11.8 Å². The van der Waals surface area contributed by atoms with Crippen LogP contribution in [-0.4, -0.2) is 11.0 Å². The van der Waals surface area contributed by atoms with Crippen LogP contribution in [0, 0.1) is 11.8 Å². The van der Waals surface area contributed by atoms with Crippen molar-refractivity contribution in [3.05, 3.63) is 0 Å². The number of hydrogen-bond donors (Lipinski definition) is 0. The van der Waals surface area contributed by atoms with Gasteiger partial charge in [-0.05, 0) is 31.6 Å². The minimum atomic E-state index is -3.99. The fraction of sp³-hybridized carbons (Fsp3) is 1.00. The zero-order valence-corrected chi connectivity index (χ0v) is 9.87. The monoisotopic (exact) mass is 272 g/mol. The summed E-state index contributed by atoms with van der Waals surface area (Å²) in [6.07, 6.45) is -0.779. The van der Waals surface area contributed by atoms with Gasteiger partial charge in [-0.25, -0.2) is 0 Å². The Hall–Kier alpha value is 0.270. The van der Waals surface area contributed by atoms with Gasteiger partial charge in [-0.1, -0.05) is 29.3 Å². The molecule has 0 aliphatic heterocycles. The van der Waals surface area contributed by atoms with E-state index >= 15 is 0 Å². The second-order valence-corrected chi connectivity index (χ2v) is 5.27. The van der Waals surface area contributed by atoms with Crippen LogP contribution in [0.4, 0.5) is 13.2 Å². The standard InChI is InChI=1S/C10H16BrF3/c1-2-9(11)7-4-3-5-8(6-7)10(12,13)14/h7-9H,2-6H2,1H3. The Labute approximate surface area is 91.4 Å². The Bertz CT molecular complexity index is 179. The lowest BCUT2D eigenvalue weighted by molar-refractivity contribution is -0.185. The predicted molar refractivity (Wildman–Crippen MR) is 54.5 cm³/mol. The number of halogens is 4. The Balaban J connectivity index is 2.52. The zero-order chi connectivity index (χ0) is 10.8. The van der Waals surface area contributed by atoms with Crippen LogP contribution < -0.4 is 0 Å². The van der Waals surface area contributed by atoms with Crippen LogP contribution >= 0.6 is 15.9 Å². The molecular formula is C10H16BrF3. The van der Waals surface area contributed by atoms with E-state index in [0.717, 1.165) is 19.3 Å². The van der Waals surface area contributed by atoms with Crippen molar-refractivity contribution in [3.63, 3.8) is 0 Å². The van der Waals surface area contributed by atoms with E-state index in [1.54, 1.807) is 0 Å². The van der Waals surface area contributed by atoms with Crippen molar-refractivity contribution in [3.8, 4) is 0 Å². The molecule has 0 radical (unpaired) electrons. The van der Waals surface area contributed by atoms with E-state index in [-0.39, 0.29) is 10.7 Å². The van der Waals surface area contributed by atoms with Gasteiger partial charge >= 0.3 is 6.18 Å². The molecule has 1 rings (SSSR count). The summed E-state index contributed by atoms with van der Waals surface area (Å²) in [6, 6.07) is 0. The van der Waals surface area contributed by atoms with E-state index in [2.05, 4.69) is 15.9 Å². The summed E-state index contributed by atoms with van der Waals surface area (Å²) in [5, 5.41) is 0. The smallest absolute Gasteiger partial charge is 0.171 e. The summed E-state index contributed by atoms with van der Waals surface area (Å²) in [6.45, 7) is 2.01. The molecular weight excluding hydrogens is 257 g/mol. The van der Waals surface area contributed by atoms with Gasteiger partial charge in [0.1, 0.15) is 0 Å². The van der Waals surface area contributed by atoms with Gasteiger partial charge in [-0.3, -0.25) is 0 Å². The fourth-order valence-corrected chi connectivity index (χ4v) is 2.67. The maximum Gasteiger partial charge on any atom is 0.391 e. The summed E-state index contributed by atoms with van der Waals surface area (Å²) < 4.78 is 37.4. The minimum Gasteiger partial charge on any atom is -0.171 e. The normalized spacial score (nSPS) is 31.5. The second kappa shape index (κ2) is 4.86. The predicted octanol–water partition coefficient (Wildman–Crippen LogP) is 4.53. The molecule has 3 unspecified atom stereocenters. The van der Waals surface area contributed by atoms with Gasteiger partial charge in [0.05, 0.1) is 5.92 Å². The topological polar surface area (TPSA) is 0 Å². The fourth-order valence-electron chi connectivity index (χ4n) is 2.19. The Morgan fingerprint density at radius 2 is 2.00 bits per heavy atom. The lowest BCUT2D eigenvalue weighted by atomic mass is 9.79. The lowest BCUT2D eigenvalue weighted by Gasteiger charge is -2.32. The van der Waals surface area contributed by atoms with Crippen molar-refractivity contribution < 1.29 is 13.2 Å². The molecule has 1 aliphatic rings. The van der Waals surface area contributed by atoms with E-state index in [0.29, 0.717) is 12.8 Å². The van der Waals surface area contributed by atoms with E-state index in [4.69, 9.17) is 0 Å². The van der Waals surface area contributed by atoms with Gasteiger partial charge in [0, 0.05) is 4.83 Å². The molecule has 0 saturated heterocycles. The molecule has 3 atom stereocenters. The molecule has 0 amide bonds. The van der Waals surface area contributed by atoms with Crippen molar-refractivity contribution in [2.45, 2.75) is 50.0 Å². The van der Waals surface area contributed by atoms with Gasteiger partial charge in [-0.15, -0.1) is 0 Å². The Morgan fingerprint density at radius 3 is 2.50 bits per heavy atom. The minimum absolute atomic E-state index is 0.209. The summed E-state index contributed by atoms with van der Waals surface area (Å²) in [4.78, 5) is 0.257. The van der Waals surface area contributed by atoms with Crippen LogP contribution in [0.3, 0.4) is 0 Å². The summed E-state index contributed by atoms with van der Waals surface area (Å²) in [7, 11) is 0. The molecule has 0 N–H and O–H groups in total. The molecule has 14 heavy (non-hydrogen) atoms. The van der Waals surface area contributed by atoms with Crippen LogP contribution in [0.1, 0.15) is 39.0 Å². The summed E-state index contributed by atoms with van der Waals surface area (Å²) in [5.74, 6) is -0.853. The third-order valence-electron chi connectivity index (χ3n) is 3.08. The number of rotatable bonds is 2. The van der Waals surface area contributed by atoms with Crippen molar-refractivity contribution in [1.29, 1.82) is 0 Å². The molecule has 0 bridgehead atoms. The van der Waals surface area contributed by atoms with Gasteiger partial charge in [-0.2, -0.15) is 13.2 Å². The summed E-state index contributed by atoms with van der Waals surface area (Å²) >= 11 is 3.47. The molecule has 1 saturated carbocycles. The van der Waals surface area contributed by atoms with Gasteiger partial charge < -0.3 is 0 Å². The molecule has 0 aromatic heterocycles. The third kappa shape index (κ3) is 3.14. The number of alkyl halides is 4.